The van der Waals surface area contributed by atoms with Gasteiger partial charge in [-0.05, 0) is 44.2 Å². The van der Waals surface area contributed by atoms with Crippen LogP contribution >= 0.6 is 0 Å². The quantitative estimate of drug-likeness (QED) is 0.839. The Morgan fingerprint density at radius 1 is 1.52 bits per heavy atom. The fraction of sp³-hybridized carbons (Fsp3) is 0.278. The second kappa shape index (κ2) is 6.57. The predicted octanol–water partition coefficient (Wildman–Crippen LogP) is 2.32. The third kappa shape index (κ3) is 4.13. The van der Waals surface area contributed by atoms with Gasteiger partial charge in [0.25, 0.3) is 0 Å². The molecule has 0 saturated carbocycles. The summed E-state index contributed by atoms with van der Waals surface area (Å²) in [5.41, 5.74) is 0.489. The summed E-state index contributed by atoms with van der Waals surface area (Å²) in [5, 5.41) is 12.4. The second-order valence-corrected chi connectivity index (χ2v) is 5.83. The molecule has 2 rings (SSSR count). The van der Waals surface area contributed by atoms with Gasteiger partial charge in [-0.15, -0.1) is 6.42 Å². The van der Waals surface area contributed by atoms with Gasteiger partial charge in [-0.25, -0.2) is 4.39 Å². The third-order valence-corrected chi connectivity index (χ3v) is 3.69. The Balaban J connectivity index is 1.96. The van der Waals surface area contributed by atoms with Crippen LogP contribution in [0.1, 0.15) is 19.4 Å². The summed E-state index contributed by atoms with van der Waals surface area (Å²) < 4.78 is 13.2. The second-order valence-electron chi connectivity index (χ2n) is 5.83. The molecule has 0 radical (unpaired) electrons. The van der Waals surface area contributed by atoms with E-state index in [1.54, 1.807) is 6.08 Å². The van der Waals surface area contributed by atoms with Crippen molar-refractivity contribution in [2.75, 3.05) is 6.54 Å². The van der Waals surface area contributed by atoms with Gasteiger partial charge in [0.1, 0.15) is 11.6 Å². The first kappa shape index (κ1) is 16.6. The van der Waals surface area contributed by atoms with Crippen LogP contribution in [0.5, 0.6) is 5.75 Å². The van der Waals surface area contributed by atoms with Gasteiger partial charge in [0.05, 0.1) is 12.0 Å². The van der Waals surface area contributed by atoms with Crippen molar-refractivity contribution in [3.8, 4) is 18.1 Å². The Kier molecular flexibility index (Phi) is 4.75. The minimum absolute atomic E-state index is 0.100. The lowest BCUT2D eigenvalue weighted by Gasteiger charge is -2.34. The lowest BCUT2D eigenvalue weighted by atomic mass is 10.0. The molecule has 0 unspecified atom stereocenters. The first-order valence-electron chi connectivity index (χ1n) is 7.22. The number of amides is 1. The molecule has 1 aliphatic rings. The van der Waals surface area contributed by atoms with Crippen LogP contribution in [0.25, 0.3) is 0 Å². The van der Waals surface area contributed by atoms with Crippen LogP contribution in [0.15, 0.2) is 42.2 Å². The molecule has 0 aromatic heterocycles. The van der Waals surface area contributed by atoms with Crippen LogP contribution in [0.2, 0.25) is 0 Å². The van der Waals surface area contributed by atoms with E-state index in [-0.39, 0.29) is 23.6 Å². The highest BCUT2D eigenvalue weighted by molar-refractivity contribution is 5.81. The van der Waals surface area contributed by atoms with E-state index in [2.05, 4.69) is 11.2 Å². The van der Waals surface area contributed by atoms with Gasteiger partial charge in [-0.1, -0.05) is 5.92 Å². The molecule has 1 aromatic rings. The molecule has 0 fully saturated rings. The Morgan fingerprint density at radius 2 is 2.26 bits per heavy atom. The molecular formula is C18H19FN2O2. The first-order valence-corrected chi connectivity index (χ1v) is 7.22. The van der Waals surface area contributed by atoms with E-state index in [4.69, 9.17) is 6.42 Å². The Hall–Kier alpha value is -2.74. The van der Waals surface area contributed by atoms with Gasteiger partial charge in [0.2, 0.25) is 5.91 Å². The van der Waals surface area contributed by atoms with Crippen molar-refractivity contribution in [3.63, 3.8) is 0 Å². The van der Waals surface area contributed by atoms with E-state index in [0.29, 0.717) is 12.2 Å². The van der Waals surface area contributed by atoms with E-state index >= 15 is 0 Å². The molecule has 0 atom stereocenters. The minimum atomic E-state index is -0.491. The smallest absolute Gasteiger partial charge is 0.228 e. The zero-order chi connectivity index (χ0) is 17.0. The fourth-order valence-corrected chi connectivity index (χ4v) is 2.16. The number of nitrogens with one attached hydrogen (secondary N) is 1. The summed E-state index contributed by atoms with van der Waals surface area (Å²) in [7, 11) is 0. The molecule has 1 aliphatic heterocycles. The van der Waals surface area contributed by atoms with Gasteiger partial charge in [0.15, 0.2) is 0 Å². The summed E-state index contributed by atoms with van der Waals surface area (Å²) in [6.45, 7) is 4.44. The van der Waals surface area contributed by atoms with Crippen molar-refractivity contribution in [3.05, 3.63) is 53.6 Å². The Bertz CT molecular complexity index is 714. The monoisotopic (exact) mass is 314 g/mol. The zero-order valence-corrected chi connectivity index (χ0v) is 13.1. The Labute approximate surface area is 135 Å². The molecule has 1 amide bonds. The van der Waals surface area contributed by atoms with Crippen molar-refractivity contribution in [2.24, 2.45) is 0 Å². The van der Waals surface area contributed by atoms with Crippen molar-refractivity contribution in [1.82, 2.24) is 10.2 Å². The number of allylic oxidation sites excluding steroid dienone is 1. The number of phenolic OH excluding ortho intramolecular Hbond substituents is 1. The van der Waals surface area contributed by atoms with E-state index in [9.17, 15) is 14.3 Å². The van der Waals surface area contributed by atoms with E-state index < -0.39 is 11.4 Å². The normalized spacial score (nSPS) is 14.2. The molecular weight excluding hydrogens is 295 g/mol. The molecule has 0 bridgehead atoms. The van der Waals surface area contributed by atoms with Crippen molar-refractivity contribution in [2.45, 2.75) is 25.8 Å². The highest BCUT2D eigenvalue weighted by Gasteiger charge is 2.22. The maximum atomic E-state index is 13.2. The zero-order valence-electron chi connectivity index (χ0n) is 13.1. The number of benzene rings is 1. The Morgan fingerprint density at radius 3 is 2.87 bits per heavy atom. The van der Waals surface area contributed by atoms with Crippen molar-refractivity contribution < 1.29 is 14.3 Å². The lowest BCUT2D eigenvalue weighted by molar-refractivity contribution is -0.119. The number of rotatable bonds is 4. The first-order chi connectivity index (χ1) is 10.8. The van der Waals surface area contributed by atoms with Gasteiger partial charge < -0.3 is 15.3 Å². The van der Waals surface area contributed by atoms with Crippen LogP contribution in [-0.4, -0.2) is 28.0 Å². The van der Waals surface area contributed by atoms with E-state index in [0.717, 1.165) is 12.1 Å². The van der Waals surface area contributed by atoms with Crippen LogP contribution in [0.3, 0.4) is 0 Å². The molecule has 2 N–H and O–H groups in total. The largest absolute Gasteiger partial charge is 0.508 e. The maximum absolute atomic E-state index is 13.2. The molecule has 0 saturated heterocycles. The number of hydrogen-bond acceptors (Lipinski definition) is 3. The molecule has 1 aromatic carbocycles. The molecule has 0 aliphatic carbocycles. The van der Waals surface area contributed by atoms with Gasteiger partial charge in [-0.3, -0.25) is 4.79 Å². The van der Waals surface area contributed by atoms with Gasteiger partial charge in [-0.2, -0.15) is 0 Å². The summed E-state index contributed by atoms with van der Waals surface area (Å²) in [5.74, 6) is 1.79. The number of nitrogens with zero attached hydrogens (tertiary/aromatic N) is 1. The van der Waals surface area contributed by atoms with E-state index in [1.807, 2.05) is 31.0 Å². The topological polar surface area (TPSA) is 52.6 Å². The highest BCUT2D eigenvalue weighted by Crippen LogP contribution is 2.19. The van der Waals surface area contributed by atoms with Crippen molar-refractivity contribution in [1.29, 1.82) is 0 Å². The lowest BCUT2D eigenvalue weighted by Crippen LogP contribution is -2.40. The third-order valence-electron chi connectivity index (χ3n) is 3.69. The highest BCUT2D eigenvalue weighted by atomic mass is 19.1. The average molecular weight is 314 g/mol. The maximum Gasteiger partial charge on any atom is 0.228 e. The number of hydrogen-bond donors (Lipinski definition) is 2. The molecule has 0 spiro atoms. The average Bonchev–Trinajstić information content (AvgIpc) is 2.51. The fourth-order valence-electron chi connectivity index (χ4n) is 2.16. The number of terminal acetylenes is 1. The number of halogens is 1. The van der Waals surface area contributed by atoms with Crippen LogP contribution < -0.4 is 5.32 Å². The summed E-state index contributed by atoms with van der Waals surface area (Å²) in [6.07, 6.45) is 10.8. The van der Waals surface area contributed by atoms with Crippen LogP contribution in [0.4, 0.5) is 4.39 Å². The van der Waals surface area contributed by atoms with E-state index in [1.165, 1.54) is 6.07 Å². The minimum Gasteiger partial charge on any atom is -0.508 e. The summed E-state index contributed by atoms with van der Waals surface area (Å²) >= 11 is 0. The van der Waals surface area contributed by atoms with Gasteiger partial charge in [0, 0.05) is 24.0 Å². The number of aromatic hydroxyl groups is 1. The molecule has 1 heterocycles. The summed E-state index contributed by atoms with van der Waals surface area (Å²) in [4.78, 5) is 14.0. The molecule has 120 valence electrons. The molecule has 23 heavy (non-hydrogen) atoms. The van der Waals surface area contributed by atoms with Crippen molar-refractivity contribution >= 4 is 5.91 Å². The van der Waals surface area contributed by atoms with Gasteiger partial charge >= 0.3 is 0 Å². The van der Waals surface area contributed by atoms with Crippen LogP contribution in [-0.2, 0) is 11.2 Å². The standard InChI is InChI=1S/C18H19FN2O2/c1-4-18(2,3)21-9-7-15(8-10-21)20-17(23)12-13-11-14(19)5-6-16(13)22/h1,5-9,11,22H,10,12H2,2-3H3,(H,20,23). The molecule has 5 heteroatoms. The number of phenols is 1. The summed E-state index contributed by atoms with van der Waals surface area (Å²) in [6, 6.07) is 3.53. The van der Waals surface area contributed by atoms with Crippen LogP contribution in [0, 0.1) is 18.2 Å². The molecule has 4 nitrogen and oxygen atoms in total. The number of carbonyl (C=O) groups is 1. The predicted molar refractivity (Wildman–Crippen MR) is 86.8 cm³/mol. The number of carbonyl (C=O) groups excluding carboxylic acids is 1. The SMILES string of the molecule is C#CC(C)(C)N1C=CC(NC(=O)Cc2cc(F)ccc2O)=CC1.